The van der Waals surface area contributed by atoms with E-state index < -0.39 is 0 Å². The first-order valence-corrected chi connectivity index (χ1v) is 6.27. The number of nitrogens with zero attached hydrogens (tertiary/aromatic N) is 2. The second kappa shape index (κ2) is 5.75. The zero-order chi connectivity index (χ0) is 12.1. The standard InChI is InChI=1S/C13H18FN3/c1-2-8-15-13-16-9-11(14)12(17-13)10-6-4-3-5-7-10/h6,9H,2-5,7-8H2,1H3,(H,15,16,17). The first-order valence-electron chi connectivity index (χ1n) is 6.27. The lowest BCUT2D eigenvalue weighted by molar-refractivity contribution is 0.605. The summed E-state index contributed by atoms with van der Waals surface area (Å²) >= 11 is 0. The van der Waals surface area contributed by atoms with E-state index in [1.807, 2.05) is 0 Å². The molecular weight excluding hydrogens is 217 g/mol. The molecule has 1 N–H and O–H groups in total. The van der Waals surface area contributed by atoms with Gasteiger partial charge in [0, 0.05) is 6.54 Å². The minimum Gasteiger partial charge on any atom is -0.354 e. The molecule has 0 saturated heterocycles. The normalized spacial score (nSPS) is 15.5. The molecule has 0 radical (unpaired) electrons. The Hall–Kier alpha value is -1.45. The molecule has 0 bridgehead atoms. The molecule has 3 nitrogen and oxygen atoms in total. The van der Waals surface area contributed by atoms with Gasteiger partial charge in [-0.15, -0.1) is 0 Å². The van der Waals surface area contributed by atoms with E-state index >= 15 is 0 Å². The highest BCUT2D eigenvalue weighted by Crippen LogP contribution is 2.27. The Bertz CT molecular complexity index is 415. The summed E-state index contributed by atoms with van der Waals surface area (Å²) in [7, 11) is 0. The highest BCUT2D eigenvalue weighted by atomic mass is 19.1. The van der Waals surface area contributed by atoms with Gasteiger partial charge in [-0.3, -0.25) is 0 Å². The maximum atomic E-state index is 13.7. The van der Waals surface area contributed by atoms with Crippen molar-refractivity contribution in [2.75, 3.05) is 11.9 Å². The Morgan fingerprint density at radius 2 is 2.29 bits per heavy atom. The molecule has 0 aliphatic heterocycles. The summed E-state index contributed by atoms with van der Waals surface area (Å²) in [6, 6.07) is 0. The van der Waals surface area contributed by atoms with Gasteiger partial charge in [0.25, 0.3) is 0 Å². The lowest BCUT2D eigenvalue weighted by Gasteiger charge is -2.13. The van der Waals surface area contributed by atoms with Crippen molar-refractivity contribution in [3.8, 4) is 0 Å². The van der Waals surface area contributed by atoms with Crippen molar-refractivity contribution < 1.29 is 4.39 Å². The van der Waals surface area contributed by atoms with Gasteiger partial charge >= 0.3 is 0 Å². The molecule has 0 amide bonds. The minimum absolute atomic E-state index is 0.319. The molecule has 1 heterocycles. The van der Waals surface area contributed by atoms with Crippen LogP contribution in [-0.4, -0.2) is 16.5 Å². The van der Waals surface area contributed by atoms with Crippen LogP contribution < -0.4 is 5.32 Å². The van der Waals surface area contributed by atoms with Gasteiger partial charge in [-0.2, -0.15) is 0 Å². The van der Waals surface area contributed by atoms with Crippen molar-refractivity contribution in [1.29, 1.82) is 0 Å². The van der Waals surface area contributed by atoms with E-state index in [4.69, 9.17) is 0 Å². The van der Waals surface area contributed by atoms with Crippen molar-refractivity contribution >= 4 is 11.5 Å². The number of nitrogens with one attached hydrogen (secondary N) is 1. The van der Waals surface area contributed by atoms with Gasteiger partial charge < -0.3 is 5.32 Å². The highest BCUT2D eigenvalue weighted by molar-refractivity contribution is 5.64. The van der Waals surface area contributed by atoms with Crippen molar-refractivity contribution in [2.45, 2.75) is 39.0 Å². The number of allylic oxidation sites excluding steroid dienone is 2. The molecule has 2 rings (SSSR count). The summed E-state index contributed by atoms with van der Waals surface area (Å²) in [6.07, 6.45) is 8.61. The molecule has 1 aromatic heterocycles. The number of rotatable bonds is 4. The molecule has 1 aliphatic carbocycles. The average molecular weight is 235 g/mol. The molecule has 0 unspecified atom stereocenters. The number of aromatic nitrogens is 2. The lowest BCUT2D eigenvalue weighted by atomic mass is 9.97. The molecule has 4 heteroatoms. The van der Waals surface area contributed by atoms with Crippen LogP contribution in [0.3, 0.4) is 0 Å². The number of anilines is 1. The topological polar surface area (TPSA) is 37.8 Å². The van der Waals surface area contributed by atoms with E-state index in [0.717, 1.165) is 37.8 Å². The number of hydrogen-bond donors (Lipinski definition) is 1. The van der Waals surface area contributed by atoms with E-state index in [0.29, 0.717) is 11.6 Å². The van der Waals surface area contributed by atoms with Gasteiger partial charge in [-0.1, -0.05) is 13.0 Å². The second-order valence-corrected chi connectivity index (χ2v) is 4.29. The highest BCUT2D eigenvalue weighted by Gasteiger charge is 2.13. The molecular formula is C13H18FN3. The van der Waals surface area contributed by atoms with Crippen molar-refractivity contribution in [1.82, 2.24) is 9.97 Å². The first kappa shape index (κ1) is 12.0. The summed E-state index contributed by atoms with van der Waals surface area (Å²) in [5, 5.41) is 3.08. The molecule has 0 saturated carbocycles. The number of halogens is 1. The third kappa shape index (κ3) is 3.02. The zero-order valence-electron chi connectivity index (χ0n) is 10.2. The van der Waals surface area contributed by atoms with Gasteiger partial charge in [0.2, 0.25) is 5.95 Å². The van der Waals surface area contributed by atoms with Crippen LogP contribution >= 0.6 is 0 Å². The van der Waals surface area contributed by atoms with Crippen LogP contribution in [0.5, 0.6) is 0 Å². The van der Waals surface area contributed by atoms with Crippen LogP contribution in [0.25, 0.3) is 5.57 Å². The summed E-state index contributed by atoms with van der Waals surface area (Å²) in [5.41, 5.74) is 1.49. The molecule has 0 aromatic carbocycles. The van der Waals surface area contributed by atoms with Crippen LogP contribution in [0.1, 0.15) is 44.7 Å². The number of hydrogen-bond acceptors (Lipinski definition) is 3. The fourth-order valence-corrected chi connectivity index (χ4v) is 1.97. The average Bonchev–Trinajstić information content (AvgIpc) is 2.39. The predicted molar refractivity (Wildman–Crippen MR) is 67.2 cm³/mol. The molecule has 92 valence electrons. The van der Waals surface area contributed by atoms with Crippen LogP contribution in [0, 0.1) is 5.82 Å². The predicted octanol–water partition coefficient (Wildman–Crippen LogP) is 3.40. The second-order valence-electron chi connectivity index (χ2n) is 4.29. The monoisotopic (exact) mass is 235 g/mol. The van der Waals surface area contributed by atoms with Gasteiger partial charge in [-0.25, -0.2) is 14.4 Å². The fraction of sp³-hybridized carbons (Fsp3) is 0.538. The lowest BCUT2D eigenvalue weighted by Crippen LogP contribution is -2.07. The van der Waals surface area contributed by atoms with E-state index in [1.54, 1.807) is 0 Å². The molecule has 0 spiro atoms. The Morgan fingerprint density at radius 3 is 3.00 bits per heavy atom. The summed E-state index contributed by atoms with van der Waals surface area (Å²) < 4.78 is 13.7. The van der Waals surface area contributed by atoms with E-state index in [1.165, 1.54) is 12.6 Å². The Labute approximate surface area is 101 Å². The quantitative estimate of drug-likeness (QED) is 0.869. The van der Waals surface area contributed by atoms with E-state index in [-0.39, 0.29) is 5.82 Å². The molecule has 1 aliphatic rings. The van der Waals surface area contributed by atoms with Crippen molar-refractivity contribution in [3.05, 3.63) is 23.8 Å². The molecule has 17 heavy (non-hydrogen) atoms. The molecule has 0 fully saturated rings. The van der Waals surface area contributed by atoms with Crippen LogP contribution in [0.4, 0.5) is 10.3 Å². The maximum Gasteiger partial charge on any atom is 0.223 e. The van der Waals surface area contributed by atoms with E-state index in [9.17, 15) is 4.39 Å². The minimum atomic E-state index is -0.319. The van der Waals surface area contributed by atoms with Gasteiger partial charge in [0.05, 0.1) is 6.20 Å². The van der Waals surface area contributed by atoms with Crippen LogP contribution in [0.2, 0.25) is 0 Å². The van der Waals surface area contributed by atoms with Crippen molar-refractivity contribution in [3.63, 3.8) is 0 Å². The van der Waals surface area contributed by atoms with Gasteiger partial charge in [-0.05, 0) is 37.7 Å². The molecule has 0 atom stereocenters. The van der Waals surface area contributed by atoms with Crippen LogP contribution in [0.15, 0.2) is 12.3 Å². The molecule has 1 aromatic rings. The SMILES string of the molecule is CCCNc1ncc(F)c(C2=CCCCC2)n1. The summed E-state index contributed by atoms with van der Waals surface area (Å²) in [5.74, 6) is 0.204. The maximum absolute atomic E-state index is 13.7. The fourth-order valence-electron chi connectivity index (χ4n) is 1.97. The van der Waals surface area contributed by atoms with Gasteiger partial charge in [0.1, 0.15) is 5.69 Å². The summed E-state index contributed by atoms with van der Waals surface area (Å²) in [4.78, 5) is 8.21. The van der Waals surface area contributed by atoms with Gasteiger partial charge in [0.15, 0.2) is 5.82 Å². The Kier molecular flexibility index (Phi) is 4.07. The Morgan fingerprint density at radius 1 is 1.41 bits per heavy atom. The van der Waals surface area contributed by atoms with Crippen molar-refractivity contribution in [2.24, 2.45) is 0 Å². The third-order valence-corrected chi connectivity index (χ3v) is 2.87. The Balaban J connectivity index is 2.22. The largest absolute Gasteiger partial charge is 0.354 e. The first-order chi connectivity index (χ1) is 8.31. The summed E-state index contributed by atoms with van der Waals surface area (Å²) in [6.45, 7) is 2.88. The zero-order valence-corrected chi connectivity index (χ0v) is 10.2. The van der Waals surface area contributed by atoms with E-state index in [2.05, 4.69) is 28.3 Å². The third-order valence-electron chi connectivity index (χ3n) is 2.87. The van der Waals surface area contributed by atoms with Crippen LogP contribution in [-0.2, 0) is 0 Å². The smallest absolute Gasteiger partial charge is 0.223 e.